The third-order valence-electron chi connectivity index (χ3n) is 3.80. The fourth-order valence-electron chi connectivity index (χ4n) is 2.64. The van der Waals surface area contributed by atoms with Crippen molar-refractivity contribution in [2.45, 2.75) is 38.5 Å². The molecule has 1 aromatic carbocycles. The van der Waals surface area contributed by atoms with E-state index in [2.05, 4.69) is 18.0 Å². The van der Waals surface area contributed by atoms with Crippen molar-refractivity contribution in [1.29, 1.82) is 0 Å². The summed E-state index contributed by atoms with van der Waals surface area (Å²) in [6.07, 6.45) is 0.920. The number of nitrogens with zero attached hydrogens (tertiary/aromatic N) is 2. The number of carbonyl (C=O) groups is 1. The molecule has 21 heavy (non-hydrogen) atoms. The Morgan fingerprint density at radius 1 is 1.43 bits per heavy atom. The number of para-hydroxylation sites is 1. The summed E-state index contributed by atoms with van der Waals surface area (Å²) in [5.41, 5.74) is 3.16. The van der Waals surface area contributed by atoms with Gasteiger partial charge in [-0.3, -0.25) is 4.79 Å². The van der Waals surface area contributed by atoms with E-state index < -0.39 is 0 Å². The minimum Gasteiger partial charge on any atom is -0.437 e. The van der Waals surface area contributed by atoms with Crippen LogP contribution in [-0.4, -0.2) is 22.7 Å². The highest BCUT2D eigenvalue weighted by Gasteiger charge is 2.30. The third kappa shape index (κ3) is 2.70. The number of oxazole rings is 1. The van der Waals surface area contributed by atoms with Crippen molar-refractivity contribution in [2.75, 3.05) is 10.7 Å². The number of anilines is 1. The van der Waals surface area contributed by atoms with Gasteiger partial charge in [0.15, 0.2) is 0 Å². The van der Waals surface area contributed by atoms with E-state index in [1.807, 2.05) is 36.9 Å². The molecule has 1 aliphatic rings. The van der Waals surface area contributed by atoms with Gasteiger partial charge in [-0.2, -0.15) is 0 Å². The molecule has 0 bridgehead atoms. The summed E-state index contributed by atoms with van der Waals surface area (Å²) in [7, 11) is 0. The van der Waals surface area contributed by atoms with Crippen molar-refractivity contribution in [1.82, 2.24) is 4.98 Å². The monoisotopic (exact) mass is 302 g/mol. The van der Waals surface area contributed by atoms with Gasteiger partial charge in [-0.05, 0) is 38.8 Å². The van der Waals surface area contributed by atoms with E-state index >= 15 is 0 Å². The first-order valence-electron chi connectivity index (χ1n) is 7.03. The van der Waals surface area contributed by atoms with Crippen molar-refractivity contribution in [3.63, 3.8) is 0 Å². The predicted molar refractivity (Wildman–Crippen MR) is 83.8 cm³/mol. The third-order valence-corrected chi connectivity index (χ3v) is 4.62. The molecule has 2 aromatic rings. The van der Waals surface area contributed by atoms with Gasteiger partial charge < -0.3 is 9.32 Å². The van der Waals surface area contributed by atoms with Crippen LogP contribution >= 0.6 is 11.8 Å². The van der Waals surface area contributed by atoms with E-state index in [1.165, 1.54) is 17.3 Å². The minimum atomic E-state index is 0.103. The Labute approximate surface area is 128 Å². The second kappa shape index (κ2) is 5.56. The molecule has 1 unspecified atom stereocenters. The van der Waals surface area contributed by atoms with E-state index in [9.17, 15) is 4.79 Å². The quantitative estimate of drug-likeness (QED) is 0.816. The molecule has 1 aliphatic heterocycles. The Morgan fingerprint density at radius 2 is 2.19 bits per heavy atom. The highest BCUT2D eigenvalue weighted by molar-refractivity contribution is 7.99. The van der Waals surface area contributed by atoms with Crippen LogP contribution in [0.25, 0.3) is 0 Å². The van der Waals surface area contributed by atoms with Crippen LogP contribution in [0.15, 0.2) is 33.9 Å². The minimum absolute atomic E-state index is 0.103. The number of thioether (sulfide) groups is 1. The lowest BCUT2D eigenvalue weighted by Crippen LogP contribution is -2.36. The Hall–Kier alpha value is -1.75. The Kier molecular flexibility index (Phi) is 3.76. The normalized spacial score (nSPS) is 17.1. The summed E-state index contributed by atoms with van der Waals surface area (Å²) in [5.74, 6) is 1.26. The SMILES string of the molecule is Cc1nc(SCC(=O)N2c3ccccc3CC2C)oc1C. The number of hydrogen-bond donors (Lipinski definition) is 0. The average molecular weight is 302 g/mol. The molecule has 1 amide bonds. The van der Waals surface area contributed by atoms with Gasteiger partial charge in [0.25, 0.3) is 5.22 Å². The van der Waals surface area contributed by atoms with Gasteiger partial charge in [-0.15, -0.1) is 0 Å². The number of fused-ring (bicyclic) bond motifs is 1. The summed E-state index contributed by atoms with van der Waals surface area (Å²) < 4.78 is 5.50. The van der Waals surface area contributed by atoms with Gasteiger partial charge in [0.05, 0.1) is 11.4 Å². The lowest BCUT2D eigenvalue weighted by molar-refractivity contribution is -0.116. The van der Waals surface area contributed by atoms with Crippen molar-refractivity contribution in [3.8, 4) is 0 Å². The largest absolute Gasteiger partial charge is 0.437 e. The average Bonchev–Trinajstić information content (AvgIpc) is 2.95. The summed E-state index contributed by atoms with van der Waals surface area (Å²) in [5, 5.41) is 0.568. The zero-order chi connectivity index (χ0) is 15.0. The number of carbonyl (C=O) groups excluding carboxylic acids is 1. The Morgan fingerprint density at radius 3 is 2.90 bits per heavy atom. The zero-order valence-corrected chi connectivity index (χ0v) is 13.2. The maximum absolute atomic E-state index is 12.5. The van der Waals surface area contributed by atoms with Gasteiger partial charge in [0.1, 0.15) is 5.76 Å². The zero-order valence-electron chi connectivity index (χ0n) is 12.4. The number of aryl methyl sites for hydroxylation is 2. The van der Waals surface area contributed by atoms with Crippen LogP contribution in [0.3, 0.4) is 0 Å². The van der Waals surface area contributed by atoms with E-state index in [1.54, 1.807) is 0 Å². The molecule has 0 fully saturated rings. The first-order valence-corrected chi connectivity index (χ1v) is 8.01. The predicted octanol–water partition coefficient (Wildman–Crippen LogP) is 3.36. The highest BCUT2D eigenvalue weighted by atomic mass is 32.2. The smallest absolute Gasteiger partial charge is 0.256 e. The van der Waals surface area contributed by atoms with Gasteiger partial charge in [0.2, 0.25) is 5.91 Å². The van der Waals surface area contributed by atoms with Crippen molar-refractivity contribution in [2.24, 2.45) is 0 Å². The number of amides is 1. The summed E-state index contributed by atoms with van der Waals surface area (Å²) >= 11 is 1.36. The van der Waals surface area contributed by atoms with Gasteiger partial charge in [0, 0.05) is 11.7 Å². The summed E-state index contributed by atoms with van der Waals surface area (Å²) in [6, 6.07) is 8.31. The summed E-state index contributed by atoms with van der Waals surface area (Å²) in [4.78, 5) is 18.7. The van der Waals surface area contributed by atoms with Crippen molar-refractivity contribution < 1.29 is 9.21 Å². The second-order valence-electron chi connectivity index (χ2n) is 5.36. The van der Waals surface area contributed by atoms with E-state index in [0.29, 0.717) is 11.0 Å². The number of aromatic nitrogens is 1. The van der Waals surface area contributed by atoms with Crippen LogP contribution < -0.4 is 4.90 Å². The molecular weight excluding hydrogens is 284 g/mol. The van der Waals surface area contributed by atoms with Crippen LogP contribution in [0, 0.1) is 13.8 Å². The molecule has 0 saturated carbocycles. The van der Waals surface area contributed by atoms with Crippen LogP contribution in [0.4, 0.5) is 5.69 Å². The molecule has 0 radical (unpaired) electrons. The van der Waals surface area contributed by atoms with E-state index in [4.69, 9.17) is 4.42 Å². The maximum Gasteiger partial charge on any atom is 0.256 e. The molecule has 5 heteroatoms. The molecule has 0 N–H and O–H groups in total. The first kappa shape index (κ1) is 14.2. The van der Waals surface area contributed by atoms with Gasteiger partial charge in [-0.25, -0.2) is 4.98 Å². The Bertz CT molecular complexity index is 661. The number of hydrogen-bond acceptors (Lipinski definition) is 4. The topological polar surface area (TPSA) is 46.3 Å². The molecule has 0 saturated heterocycles. The molecule has 0 aliphatic carbocycles. The fourth-order valence-corrected chi connectivity index (χ4v) is 3.42. The molecule has 1 atom stereocenters. The van der Waals surface area contributed by atoms with Crippen molar-refractivity contribution in [3.05, 3.63) is 41.3 Å². The van der Waals surface area contributed by atoms with Crippen molar-refractivity contribution >= 4 is 23.4 Å². The first-order chi connectivity index (χ1) is 10.1. The van der Waals surface area contributed by atoms with Crippen LogP contribution in [0.5, 0.6) is 0 Å². The molecule has 1 aromatic heterocycles. The second-order valence-corrected chi connectivity index (χ2v) is 6.28. The molecule has 3 rings (SSSR count). The van der Waals surface area contributed by atoms with Gasteiger partial charge in [-0.1, -0.05) is 30.0 Å². The maximum atomic E-state index is 12.5. The van der Waals surface area contributed by atoms with Crippen LogP contribution in [-0.2, 0) is 11.2 Å². The number of benzene rings is 1. The molecule has 4 nitrogen and oxygen atoms in total. The standard InChI is InChI=1S/C16H18N2O2S/c1-10-8-13-6-4-5-7-14(13)18(10)15(19)9-21-16-17-11(2)12(3)20-16/h4-7,10H,8-9H2,1-3H3. The molecule has 2 heterocycles. The Balaban J connectivity index is 1.71. The number of rotatable bonds is 3. The molecule has 110 valence electrons. The summed E-state index contributed by atoms with van der Waals surface area (Å²) in [6.45, 7) is 5.87. The van der Waals surface area contributed by atoms with Gasteiger partial charge >= 0.3 is 0 Å². The fraction of sp³-hybridized carbons (Fsp3) is 0.375. The lowest BCUT2D eigenvalue weighted by atomic mass is 10.1. The van der Waals surface area contributed by atoms with Crippen LogP contribution in [0.1, 0.15) is 23.9 Å². The van der Waals surface area contributed by atoms with E-state index in [0.717, 1.165) is 23.6 Å². The molecule has 0 spiro atoms. The van der Waals surface area contributed by atoms with Crippen LogP contribution in [0.2, 0.25) is 0 Å². The molecular formula is C16H18N2O2S. The highest BCUT2D eigenvalue weighted by Crippen LogP contribution is 2.32. The lowest BCUT2D eigenvalue weighted by Gasteiger charge is -2.22. The van der Waals surface area contributed by atoms with E-state index in [-0.39, 0.29) is 11.9 Å².